The maximum Gasteiger partial charge on any atom is 0.0438 e. The molecule has 0 spiro atoms. The normalized spacial score (nSPS) is 14.2. The average molecular weight is 296 g/mol. The van der Waals surface area contributed by atoms with Crippen LogP contribution in [-0.2, 0) is 0 Å². The zero-order chi connectivity index (χ0) is 15.0. The Balaban J connectivity index is 2.78. The van der Waals surface area contributed by atoms with Gasteiger partial charge in [-0.2, -0.15) is 0 Å². The lowest BCUT2D eigenvalue weighted by atomic mass is 9.89. The number of hydrogen-bond acceptors (Lipinski definition) is 1. The molecule has 0 heterocycles. The van der Waals surface area contributed by atoms with Crippen LogP contribution in [0.5, 0.6) is 0 Å². The molecule has 2 atom stereocenters. The molecule has 0 amide bonds. The molecule has 1 aromatic rings. The molecule has 114 valence electrons. The molecule has 1 nitrogen and oxygen atoms in total. The Morgan fingerprint density at radius 3 is 2.50 bits per heavy atom. The van der Waals surface area contributed by atoms with Gasteiger partial charge in [-0.3, -0.25) is 0 Å². The highest BCUT2D eigenvalue weighted by Gasteiger charge is 2.16. The Morgan fingerprint density at radius 2 is 1.95 bits per heavy atom. The Bertz CT molecular complexity index is 389. The van der Waals surface area contributed by atoms with E-state index < -0.39 is 0 Å². The summed E-state index contributed by atoms with van der Waals surface area (Å²) >= 11 is 6.28. The molecule has 2 unspecified atom stereocenters. The average Bonchev–Trinajstić information content (AvgIpc) is 2.45. The molecule has 1 aromatic carbocycles. The van der Waals surface area contributed by atoms with Gasteiger partial charge in [-0.05, 0) is 43.0 Å². The van der Waals surface area contributed by atoms with Gasteiger partial charge in [0.15, 0.2) is 0 Å². The zero-order valence-corrected chi connectivity index (χ0v) is 14.3. The SMILES string of the molecule is CCCCC(CC)CC(NCC)c1ccc(C)c(Cl)c1. The second kappa shape index (κ2) is 9.41. The molecule has 0 radical (unpaired) electrons. The Hall–Kier alpha value is -0.530. The highest BCUT2D eigenvalue weighted by molar-refractivity contribution is 6.31. The minimum Gasteiger partial charge on any atom is -0.310 e. The Labute approximate surface area is 130 Å². The third-order valence-corrected chi connectivity index (χ3v) is 4.57. The number of aryl methyl sites for hydroxylation is 1. The van der Waals surface area contributed by atoms with Crippen LogP contribution >= 0.6 is 11.6 Å². The highest BCUT2D eigenvalue weighted by atomic mass is 35.5. The summed E-state index contributed by atoms with van der Waals surface area (Å²) in [7, 11) is 0. The Morgan fingerprint density at radius 1 is 1.20 bits per heavy atom. The van der Waals surface area contributed by atoms with Gasteiger partial charge in [-0.1, -0.05) is 70.2 Å². The summed E-state index contributed by atoms with van der Waals surface area (Å²) in [5.74, 6) is 0.805. The van der Waals surface area contributed by atoms with E-state index in [-0.39, 0.29) is 0 Å². The summed E-state index contributed by atoms with van der Waals surface area (Å²) in [4.78, 5) is 0. The summed E-state index contributed by atoms with van der Waals surface area (Å²) in [5.41, 5.74) is 2.49. The van der Waals surface area contributed by atoms with Gasteiger partial charge in [0.25, 0.3) is 0 Å². The first kappa shape index (κ1) is 17.5. The van der Waals surface area contributed by atoms with Gasteiger partial charge < -0.3 is 5.32 Å². The van der Waals surface area contributed by atoms with E-state index in [4.69, 9.17) is 11.6 Å². The molecule has 1 rings (SSSR count). The van der Waals surface area contributed by atoms with E-state index in [1.807, 2.05) is 0 Å². The van der Waals surface area contributed by atoms with Crippen molar-refractivity contribution in [2.45, 2.75) is 65.8 Å². The molecule has 0 saturated carbocycles. The molecule has 0 aromatic heterocycles. The van der Waals surface area contributed by atoms with E-state index in [9.17, 15) is 0 Å². The Kier molecular flexibility index (Phi) is 8.25. The lowest BCUT2D eigenvalue weighted by Gasteiger charge is -2.24. The molecule has 0 aliphatic heterocycles. The van der Waals surface area contributed by atoms with Crippen LogP contribution < -0.4 is 5.32 Å². The van der Waals surface area contributed by atoms with Crippen LogP contribution in [0.2, 0.25) is 5.02 Å². The van der Waals surface area contributed by atoms with Gasteiger partial charge >= 0.3 is 0 Å². The minimum atomic E-state index is 0.430. The second-order valence-corrected chi connectivity index (χ2v) is 6.18. The lowest BCUT2D eigenvalue weighted by molar-refractivity contribution is 0.357. The summed E-state index contributed by atoms with van der Waals surface area (Å²) < 4.78 is 0. The maximum atomic E-state index is 6.28. The number of halogens is 1. The van der Waals surface area contributed by atoms with Crippen LogP contribution in [0.25, 0.3) is 0 Å². The van der Waals surface area contributed by atoms with Crippen LogP contribution in [0.4, 0.5) is 0 Å². The molecule has 20 heavy (non-hydrogen) atoms. The lowest BCUT2D eigenvalue weighted by Crippen LogP contribution is -2.23. The molecule has 1 N–H and O–H groups in total. The van der Waals surface area contributed by atoms with E-state index in [1.165, 1.54) is 37.7 Å². The summed E-state index contributed by atoms with van der Waals surface area (Å²) in [6.07, 6.45) is 6.45. The fourth-order valence-corrected chi connectivity index (χ4v) is 2.91. The molecule has 0 saturated heterocycles. The van der Waals surface area contributed by atoms with Crippen molar-refractivity contribution in [3.8, 4) is 0 Å². The predicted molar refractivity (Wildman–Crippen MR) is 90.5 cm³/mol. The van der Waals surface area contributed by atoms with Gasteiger partial charge in [-0.25, -0.2) is 0 Å². The van der Waals surface area contributed by atoms with Crippen molar-refractivity contribution in [1.29, 1.82) is 0 Å². The van der Waals surface area contributed by atoms with E-state index in [0.717, 1.165) is 23.0 Å². The molecule has 2 heteroatoms. The van der Waals surface area contributed by atoms with Crippen molar-refractivity contribution >= 4 is 11.6 Å². The summed E-state index contributed by atoms with van der Waals surface area (Å²) in [6, 6.07) is 6.92. The molecular weight excluding hydrogens is 266 g/mol. The quantitative estimate of drug-likeness (QED) is 0.597. The molecular formula is C18H30ClN. The fourth-order valence-electron chi connectivity index (χ4n) is 2.72. The standard InChI is InChI=1S/C18H30ClN/c1-5-8-9-15(6-2)12-18(20-7-3)16-11-10-14(4)17(19)13-16/h10-11,13,15,18,20H,5-9,12H2,1-4H3. The van der Waals surface area contributed by atoms with Crippen LogP contribution in [0.1, 0.15) is 70.0 Å². The van der Waals surface area contributed by atoms with Crippen molar-refractivity contribution < 1.29 is 0 Å². The monoisotopic (exact) mass is 295 g/mol. The van der Waals surface area contributed by atoms with E-state index in [1.54, 1.807) is 0 Å². The van der Waals surface area contributed by atoms with Crippen LogP contribution in [-0.4, -0.2) is 6.54 Å². The van der Waals surface area contributed by atoms with Crippen molar-refractivity contribution in [2.75, 3.05) is 6.54 Å². The number of unbranched alkanes of at least 4 members (excludes halogenated alkanes) is 1. The van der Waals surface area contributed by atoms with Crippen LogP contribution in [0.15, 0.2) is 18.2 Å². The van der Waals surface area contributed by atoms with Crippen molar-refractivity contribution in [2.24, 2.45) is 5.92 Å². The number of hydrogen-bond donors (Lipinski definition) is 1. The van der Waals surface area contributed by atoms with E-state index in [0.29, 0.717) is 6.04 Å². The van der Waals surface area contributed by atoms with Gasteiger partial charge in [0.05, 0.1) is 0 Å². The maximum absolute atomic E-state index is 6.28. The van der Waals surface area contributed by atoms with Crippen molar-refractivity contribution in [1.82, 2.24) is 5.32 Å². The number of rotatable bonds is 9. The topological polar surface area (TPSA) is 12.0 Å². The third kappa shape index (κ3) is 5.46. The molecule has 0 fully saturated rings. The molecule has 0 aliphatic rings. The summed E-state index contributed by atoms with van der Waals surface area (Å²) in [6.45, 7) is 9.82. The van der Waals surface area contributed by atoms with E-state index >= 15 is 0 Å². The first-order chi connectivity index (χ1) is 9.62. The van der Waals surface area contributed by atoms with Gasteiger partial charge in [0, 0.05) is 11.1 Å². The van der Waals surface area contributed by atoms with Gasteiger partial charge in [0.2, 0.25) is 0 Å². The fraction of sp³-hybridized carbons (Fsp3) is 0.667. The van der Waals surface area contributed by atoms with E-state index in [2.05, 4.69) is 51.2 Å². The minimum absolute atomic E-state index is 0.430. The third-order valence-electron chi connectivity index (χ3n) is 4.16. The highest BCUT2D eigenvalue weighted by Crippen LogP contribution is 2.29. The number of benzene rings is 1. The van der Waals surface area contributed by atoms with Crippen molar-refractivity contribution in [3.63, 3.8) is 0 Å². The van der Waals surface area contributed by atoms with Crippen LogP contribution in [0, 0.1) is 12.8 Å². The molecule has 0 aliphatic carbocycles. The van der Waals surface area contributed by atoms with Crippen LogP contribution in [0.3, 0.4) is 0 Å². The van der Waals surface area contributed by atoms with Gasteiger partial charge in [0.1, 0.15) is 0 Å². The zero-order valence-electron chi connectivity index (χ0n) is 13.5. The van der Waals surface area contributed by atoms with Gasteiger partial charge in [-0.15, -0.1) is 0 Å². The summed E-state index contributed by atoms with van der Waals surface area (Å²) in [5, 5.41) is 4.51. The largest absolute Gasteiger partial charge is 0.310 e. The second-order valence-electron chi connectivity index (χ2n) is 5.77. The molecule has 0 bridgehead atoms. The first-order valence-electron chi connectivity index (χ1n) is 8.11. The number of nitrogens with one attached hydrogen (secondary N) is 1. The van der Waals surface area contributed by atoms with Crippen molar-refractivity contribution in [3.05, 3.63) is 34.3 Å². The predicted octanol–water partition coefficient (Wildman–Crippen LogP) is 5.91. The first-order valence-corrected chi connectivity index (χ1v) is 8.49. The smallest absolute Gasteiger partial charge is 0.0438 e.